The van der Waals surface area contributed by atoms with E-state index in [1.54, 1.807) is 43.8 Å². The minimum atomic E-state index is -3.68. The van der Waals surface area contributed by atoms with E-state index in [-0.39, 0.29) is 17.5 Å². The number of rotatable bonds is 9. The predicted octanol–water partition coefficient (Wildman–Crippen LogP) is 3.03. The van der Waals surface area contributed by atoms with E-state index in [1.165, 1.54) is 12.1 Å². The molecule has 2 amide bonds. The molecular weight excluding hydrogens is 416 g/mol. The van der Waals surface area contributed by atoms with Crippen molar-refractivity contribution in [1.29, 1.82) is 0 Å². The zero-order valence-electron chi connectivity index (χ0n) is 17.0. The molecule has 0 aliphatic heterocycles. The van der Waals surface area contributed by atoms with Crippen LogP contribution in [-0.2, 0) is 34.5 Å². The fourth-order valence-corrected chi connectivity index (χ4v) is 3.78. The van der Waals surface area contributed by atoms with E-state index >= 15 is 0 Å². The van der Waals surface area contributed by atoms with Crippen molar-refractivity contribution < 1.29 is 17.9 Å². The van der Waals surface area contributed by atoms with Crippen LogP contribution in [0.15, 0.2) is 78.0 Å². The Balaban J connectivity index is 1.52. The molecule has 0 spiro atoms. The summed E-state index contributed by atoms with van der Waals surface area (Å²) in [6.45, 7) is 1.04. The minimum Gasteiger partial charge on any atom is -0.380 e. The third kappa shape index (κ3) is 6.88. The number of sulfonamides is 1. The van der Waals surface area contributed by atoms with Crippen LogP contribution in [0.3, 0.4) is 0 Å². The van der Waals surface area contributed by atoms with Crippen LogP contribution in [0.1, 0.15) is 16.7 Å². The van der Waals surface area contributed by atoms with Gasteiger partial charge >= 0.3 is 6.03 Å². The van der Waals surface area contributed by atoms with Crippen molar-refractivity contribution in [3.63, 3.8) is 0 Å². The van der Waals surface area contributed by atoms with Gasteiger partial charge in [-0.15, -0.1) is 0 Å². The first-order valence-electron chi connectivity index (χ1n) is 9.56. The monoisotopic (exact) mass is 440 g/mol. The standard InChI is InChI=1S/C22H24N4O4S/c1-30-16-19-4-2-17(3-5-19)15-25-31(28,29)21-8-6-20(7-9-21)26-22(27)24-14-18-10-12-23-13-11-18/h2-13,25H,14-16H2,1H3,(H2,24,26,27). The fraction of sp³-hybridized carbons (Fsp3) is 0.182. The second kappa shape index (κ2) is 10.7. The number of carbonyl (C=O) groups excluding carboxylic acids is 1. The molecule has 0 radical (unpaired) electrons. The Morgan fingerprint density at radius 2 is 1.48 bits per heavy atom. The van der Waals surface area contributed by atoms with Gasteiger partial charge in [0.1, 0.15) is 0 Å². The first-order valence-corrected chi connectivity index (χ1v) is 11.0. The van der Waals surface area contributed by atoms with E-state index in [1.807, 2.05) is 24.3 Å². The first kappa shape index (κ1) is 22.4. The molecule has 0 bridgehead atoms. The summed E-state index contributed by atoms with van der Waals surface area (Å²) >= 11 is 0. The highest BCUT2D eigenvalue weighted by Gasteiger charge is 2.14. The van der Waals surface area contributed by atoms with Crippen LogP contribution in [0, 0.1) is 0 Å². The lowest BCUT2D eigenvalue weighted by atomic mass is 10.1. The summed E-state index contributed by atoms with van der Waals surface area (Å²) in [7, 11) is -2.06. The molecule has 162 valence electrons. The minimum absolute atomic E-state index is 0.117. The summed E-state index contributed by atoms with van der Waals surface area (Å²) in [5.41, 5.74) is 3.26. The first-order chi connectivity index (χ1) is 15.0. The number of benzene rings is 2. The summed E-state index contributed by atoms with van der Waals surface area (Å²) in [6, 6.07) is 16.7. The number of amides is 2. The molecule has 0 saturated carbocycles. The van der Waals surface area contributed by atoms with Gasteiger partial charge in [-0.1, -0.05) is 24.3 Å². The van der Waals surface area contributed by atoms with Crippen molar-refractivity contribution in [3.05, 3.63) is 89.7 Å². The van der Waals surface area contributed by atoms with Crippen molar-refractivity contribution in [1.82, 2.24) is 15.0 Å². The Labute approximate surface area is 181 Å². The average molecular weight is 441 g/mol. The topological polar surface area (TPSA) is 109 Å². The van der Waals surface area contributed by atoms with Gasteiger partial charge in [0.2, 0.25) is 10.0 Å². The Morgan fingerprint density at radius 3 is 2.13 bits per heavy atom. The maximum absolute atomic E-state index is 12.5. The molecule has 0 saturated heterocycles. The number of aromatic nitrogens is 1. The molecular formula is C22H24N4O4S. The van der Waals surface area contributed by atoms with Crippen LogP contribution in [0.25, 0.3) is 0 Å². The van der Waals surface area contributed by atoms with Crippen LogP contribution < -0.4 is 15.4 Å². The zero-order chi connectivity index (χ0) is 22.1. The van der Waals surface area contributed by atoms with Gasteiger partial charge in [0.15, 0.2) is 0 Å². The van der Waals surface area contributed by atoms with Crippen molar-refractivity contribution in [3.8, 4) is 0 Å². The van der Waals surface area contributed by atoms with Gasteiger partial charge in [0.05, 0.1) is 11.5 Å². The average Bonchev–Trinajstić information content (AvgIpc) is 2.79. The Morgan fingerprint density at radius 1 is 0.871 bits per heavy atom. The predicted molar refractivity (Wildman–Crippen MR) is 118 cm³/mol. The lowest BCUT2D eigenvalue weighted by molar-refractivity contribution is 0.185. The molecule has 0 aliphatic carbocycles. The van der Waals surface area contributed by atoms with Crippen LogP contribution in [-0.4, -0.2) is 26.5 Å². The highest BCUT2D eigenvalue weighted by Crippen LogP contribution is 2.15. The second-order valence-corrected chi connectivity index (χ2v) is 8.53. The van der Waals surface area contributed by atoms with E-state index < -0.39 is 10.0 Å². The number of methoxy groups -OCH3 is 1. The van der Waals surface area contributed by atoms with Gasteiger partial charge < -0.3 is 15.4 Å². The number of anilines is 1. The van der Waals surface area contributed by atoms with Crippen LogP contribution >= 0.6 is 0 Å². The number of ether oxygens (including phenoxy) is 1. The number of hydrogen-bond donors (Lipinski definition) is 3. The molecule has 0 atom stereocenters. The Bertz CT molecular complexity index is 1090. The number of nitrogens with one attached hydrogen (secondary N) is 3. The van der Waals surface area contributed by atoms with Crippen molar-refractivity contribution >= 4 is 21.7 Å². The van der Waals surface area contributed by atoms with Gasteiger partial charge in [-0.2, -0.15) is 0 Å². The van der Waals surface area contributed by atoms with E-state index in [4.69, 9.17) is 4.74 Å². The molecule has 8 nitrogen and oxygen atoms in total. The normalized spacial score (nSPS) is 11.1. The highest BCUT2D eigenvalue weighted by molar-refractivity contribution is 7.89. The molecule has 1 heterocycles. The smallest absolute Gasteiger partial charge is 0.319 e. The number of urea groups is 1. The molecule has 3 rings (SSSR count). The van der Waals surface area contributed by atoms with Crippen molar-refractivity contribution in [2.75, 3.05) is 12.4 Å². The molecule has 31 heavy (non-hydrogen) atoms. The largest absolute Gasteiger partial charge is 0.380 e. The quantitative estimate of drug-likeness (QED) is 0.474. The third-order valence-corrected chi connectivity index (χ3v) is 5.84. The molecule has 1 aromatic heterocycles. The zero-order valence-corrected chi connectivity index (χ0v) is 17.9. The van der Waals surface area contributed by atoms with Gasteiger partial charge in [0, 0.05) is 38.3 Å². The van der Waals surface area contributed by atoms with E-state index in [0.29, 0.717) is 18.8 Å². The highest BCUT2D eigenvalue weighted by atomic mass is 32.2. The molecule has 0 aliphatic rings. The van der Waals surface area contributed by atoms with Crippen LogP contribution in [0.4, 0.5) is 10.5 Å². The summed E-state index contributed by atoms with van der Waals surface area (Å²) in [4.78, 5) is 16.1. The van der Waals surface area contributed by atoms with E-state index in [0.717, 1.165) is 16.7 Å². The van der Waals surface area contributed by atoms with Crippen molar-refractivity contribution in [2.45, 2.75) is 24.6 Å². The molecule has 3 aromatic rings. The maximum atomic E-state index is 12.5. The van der Waals surface area contributed by atoms with Crippen molar-refractivity contribution in [2.24, 2.45) is 0 Å². The van der Waals surface area contributed by atoms with E-state index in [9.17, 15) is 13.2 Å². The number of carbonyl (C=O) groups is 1. The SMILES string of the molecule is COCc1ccc(CNS(=O)(=O)c2ccc(NC(=O)NCc3ccncc3)cc2)cc1. The van der Waals surface area contributed by atoms with Crippen LogP contribution in [0.5, 0.6) is 0 Å². The van der Waals surface area contributed by atoms with Crippen LogP contribution in [0.2, 0.25) is 0 Å². The van der Waals surface area contributed by atoms with Gasteiger partial charge in [-0.05, 0) is 53.1 Å². The Kier molecular flexibility index (Phi) is 7.71. The molecule has 0 fully saturated rings. The number of hydrogen-bond acceptors (Lipinski definition) is 5. The Hall–Kier alpha value is -3.27. The number of pyridine rings is 1. The lowest BCUT2D eigenvalue weighted by Gasteiger charge is -2.10. The fourth-order valence-electron chi connectivity index (χ4n) is 2.76. The summed E-state index contributed by atoms with van der Waals surface area (Å²) < 4.78 is 32.7. The molecule has 0 unspecified atom stereocenters. The maximum Gasteiger partial charge on any atom is 0.319 e. The van der Waals surface area contributed by atoms with E-state index in [2.05, 4.69) is 20.3 Å². The summed E-state index contributed by atoms with van der Waals surface area (Å²) in [5.74, 6) is 0. The third-order valence-electron chi connectivity index (χ3n) is 4.43. The summed E-state index contributed by atoms with van der Waals surface area (Å²) in [6.07, 6.45) is 3.30. The van der Waals surface area contributed by atoms with Gasteiger partial charge in [-0.25, -0.2) is 17.9 Å². The second-order valence-electron chi connectivity index (χ2n) is 6.76. The summed E-state index contributed by atoms with van der Waals surface area (Å²) in [5, 5.41) is 5.40. The van der Waals surface area contributed by atoms with Gasteiger partial charge in [0.25, 0.3) is 0 Å². The molecule has 2 aromatic carbocycles. The number of nitrogens with zero attached hydrogens (tertiary/aromatic N) is 1. The van der Waals surface area contributed by atoms with Gasteiger partial charge in [-0.3, -0.25) is 4.98 Å². The molecule has 3 N–H and O–H groups in total. The lowest BCUT2D eigenvalue weighted by Crippen LogP contribution is -2.28. The molecule has 9 heteroatoms.